The summed E-state index contributed by atoms with van der Waals surface area (Å²) in [4.78, 5) is 0. The van der Waals surface area contributed by atoms with Crippen molar-refractivity contribution in [3.8, 4) is 0 Å². The van der Waals surface area contributed by atoms with Gasteiger partial charge in [-0.1, -0.05) is 50.0 Å². The topological polar surface area (TPSA) is 18.5 Å². The van der Waals surface area contributed by atoms with Crippen molar-refractivity contribution in [3.63, 3.8) is 0 Å². The Morgan fingerprint density at radius 3 is 1.60 bits per heavy atom. The zero-order valence-electron chi connectivity index (χ0n) is 16.7. The van der Waals surface area contributed by atoms with Crippen LogP contribution in [0.5, 0.6) is 0 Å². The van der Waals surface area contributed by atoms with Crippen molar-refractivity contribution >= 4 is 8.56 Å². The quantitative estimate of drug-likeness (QED) is 0.281. The van der Waals surface area contributed by atoms with Crippen molar-refractivity contribution in [2.75, 3.05) is 13.2 Å². The predicted molar refractivity (Wildman–Crippen MR) is 110 cm³/mol. The molecule has 0 amide bonds. The van der Waals surface area contributed by atoms with Crippen LogP contribution in [0.4, 0.5) is 0 Å². The Bertz CT molecular complexity index is 367. The maximum atomic E-state index is 6.34. The number of hydrogen-bond acceptors (Lipinski definition) is 2. The Labute approximate surface area is 157 Å². The van der Waals surface area contributed by atoms with Crippen LogP contribution in [0.3, 0.4) is 0 Å². The highest BCUT2D eigenvalue weighted by atomic mass is 28.4. The molecule has 3 heteroatoms. The van der Waals surface area contributed by atoms with Gasteiger partial charge in [0.25, 0.3) is 0 Å². The van der Waals surface area contributed by atoms with E-state index in [1.165, 1.54) is 76.3 Å². The van der Waals surface area contributed by atoms with Crippen LogP contribution in [-0.4, -0.2) is 21.8 Å². The van der Waals surface area contributed by atoms with Gasteiger partial charge in [0.1, 0.15) is 0 Å². The van der Waals surface area contributed by atoms with E-state index < -0.39 is 8.56 Å². The minimum atomic E-state index is -2.00. The van der Waals surface area contributed by atoms with E-state index in [1.54, 1.807) is 0 Å². The van der Waals surface area contributed by atoms with E-state index in [0.717, 1.165) is 25.0 Å². The van der Waals surface area contributed by atoms with E-state index >= 15 is 0 Å². The van der Waals surface area contributed by atoms with Crippen molar-refractivity contribution in [1.82, 2.24) is 0 Å². The average molecular weight is 365 g/mol. The van der Waals surface area contributed by atoms with Crippen LogP contribution in [0.2, 0.25) is 12.1 Å². The molecule has 2 rings (SSSR count). The van der Waals surface area contributed by atoms with E-state index in [-0.39, 0.29) is 0 Å². The molecule has 0 saturated heterocycles. The fourth-order valence-corrected chi connectivity index (χ4v) is 7.99. The summed E-state index contributed by atoms with van der Waals surface area (Å²) < 4.78 is 12.7. The molecule has 0 bridgehead atoms. The van der Waals surface area contributed by atoms with Gasteiger partial charge in [0.05, 0.1) is 0 Å². The zero-order valence-corrected chi connectivity index (χ0v) is 17.7. The molecule has 0 N–H and O–H groups in total. The summed E-state index contributed by atoms with van der Waals surface area (Å²) in [6, 6.07) is 2.39. The first-order valence-corrected chi connectivity index (χ1v) is 13.1. The second-order valence-electron chi connectivity index (χ2n) is 7.86. The molecule has 0 fully saturated rings. The first kappa shape index (κ1) is 20.9. The summed E-state index contributed by atoms with van der Waals surface area (Å²) >= 11 is 0. The molecule has 2 aliphatic carbocycles. The Morgan fingerprint density at radius 1 is 0.760 bits per heavy atom. The fourth-order valence-electron chi connectivity index (χ4n) is 4.54. The second kappa shape index (κ2) is 12.1. The maximum absolute atomic E-state index is 6.34. The summed E-state index contributed by atoms with van der Waals surface area (Å²) in [6.45, 7) is 5.90. The van der Waals surface area contributed by atoms with Crippen molar-refractivity contribution in [2.24, 2.45) is 11.8 Å². The molecular formula is C22H40O2Si. The summed E-state index contributed by atoms with van der Waals surface area (Å²) in [6.07, 6.45) is 22.6. The van der Waals surface area contributed by atoms with Crippen molar-refractivity contribution in [3.05, 3.63) is 24.3 Å². The predicted octanol–water partition coefficient (Wildman–Crippen LogP) is 6.77. The SMILES string of the molecule is CCO[Si](CCCC1CC=CCC1)(CCCC1CC=CCC1)OCC. The number of allylic oxidation sites excluding steroid dienone is 4. The van der Waals surface area contributed by atoms with Gasteiger partial charge >= 0.3 is 8.56 Å². The van der Waals surface area contributed by atoms with Gasteiger partial charge in [0.15, 0.2) is 0 Å². The van der Waals surface area contributed by atoms with Crippen molar-refractivity contribution in [2.45, 2.75) is 90.1 Å². The molecule has 144 valence electrons. The van der Waals surface area contributed by atoms with Gasteiger partial charge in [-0.3, -0.25) is 0 Å². The summed E-state index contributed by atoms with van der Waals surface area (Å²) in [5, 5.41) is 0. The van der Waals surface area contributed by atoms with Crippen LogP contribution in [0, 0.1) is 11.8 Å². The maximum Gasteiger partial charge on any atom is 0.338 e. The van der Waals surface area contributed by atoms with Crippen LogP contribution in [0.25, 0.3) is 0 Å². The molecule has 2 unspecified atom stereocenters. The molecule has 0 aliphatic heterocycles. The lowest BCUT2D eigenvalue weighted by molar-refractivity contribution is 0.179. The first-order valence-electron chi connectivity index (χ1n) is 10.9. The van der Waals surface area contributed by atoms with Crippen LogP contribution >= 0.6 is 0 Å². The molecule has 25 heavy (non-hydrogen) atoms. The Kier molecular flexibility index (Phi) is 10.1. The third kappa shape index (κ3) is 7.80. The molecule has 0 aromatic rings. The fraction of sp³-hybridized carbons (Fsp3) is 0.818. The second-order valence-corrected chi connectivity index (χ2v) is 11.3. The minimum absolute atomic E-state index is 0.810. The number of hydrogen-bond donors (Lipinski definition) is 0. The molecule has 0 aromatic carbocycles. The highest BCUT2D eigenvalue weighted by Gasteiger charge is 2.36. The van der Waals surface area contributed by atoms with Crippen LogP contribution < -0.4 is 0 Å². The smallest absolute Gasteiger partial charge is 0.338 e. The molecule has 0 aromatic heterocycles. The zero-order chi connectivity index (χ0) is 17.8. The molecule has 0 heterocycles. The van der Waals surface area contributed by atoms with Gasteiger partial charge < -0.3 is 8.85 Å². The largest absolute Gasteiger partial charge is 0.394 e. The van der Waals surface area contributed by atoms with Gasteiger partial charge in [0.2, 0.25) is 0 Å². The molecule has 2 nitrogen and oxygen atoms in total. The van der Waals surface area contributed by atoms with Crippen LogP contribution in [0.1, 0.15) is 78.1 Å². The lowest BCUT2D eigenvalue weighted by Gasteiger charge is -2.31. The molecule has 0 saturated carbocycles. The van der Waals surface area contributed by atoms with Crippen LogP contribution in [0.15, 0.2) is 24.3 Å². The highest BCUT2D eigenvalue weighted by Crippen LogP contribution is 2.31. The lowest BCUT2D eigenvalue weighted by Crippen LogP contribution is -2.42. The van der Waals surface area contributed by atoms with E-state index in [4.69, 9.17) is 8.85 Å². The lowest BCUT2D eigenvalue weighted by atomic mass is 9.91. The summed E-state index contributed by atoms with van der Waals surface area (Å²) in [5.74, 6) is 1.79. The van der Waals surface area contributed by atoms with Gasteiger partial charge in [-0.2, -0.15) is 0 Å². The summed E-state index contributed by atoms with van der Waals surface area (Å²) in [5.41, 5.74) is 0. The third-order valence-electron chi connectivity index (χ3n) is 5.91. The van der Waals surface area contributed by atoms with Gasteiger partial charge in [-0.05, 0) is 76.3 Å². The first-order chi connectivity index (χ1) is 12.3. The normalized spacial score (nSPS) is 23.9. The Balaban J connectivity index is 1.78. The molecule has 0 radical (unpaired) electrons. The Hall–Kier alpha value is -0.383. The summed E-state index contributed by atoms with van der Waals surface area (Å²) in [7, 11) is -2.00. The van der Waals surface area contributed by atoms with Gasteiger partial charge in [-0.15, -0.1) is 0 Å². The monoisotopic (exact) mass is 364 g/mol. The third-order valence-corrected chi connectivity index (χ3v) is 9.77. The van der Waals surface area contributed by atoms with Gasteiger partial charge in [-0.25, -0.2) is 0 Å². The average Bonchev–Trinajstić information content (AvgIpc) is 2.64. The van der Waals surface area contributed by atoms with Crippen molar-refractivity contribution < 1.29 is 8.85 Å². The standard InChI is InChI=1S/C22H40O2Si/c1-3-23-25(24-4-2,19-11-17-21-13-7-5-8-14-21)20-12-18-22-15-9-6-10-16-22/h5-7,9,21-22H,3-4,8,10-20H2,1-2H3. The van der Waals surface area contributed by atoms with E-state index in [1.807, 2.05) is 0 Å². The van der Waals surface area contributed by atoms with Crippen LogP contribution in [-0.2, 0) is 8.85 Å². The Morgan fingerprint density at radius 2 is 1.24 bits per heavy atom. The minimum Gasteiger partial charge on any atom is -0.394 e. The molecule has 2 atom stereocenters. The number of rotatable bonds is 12. The van der Waals surface area contributed by atoms with E-state index in [9.17, 15) is 0 Å². The highest BCUT2D eigenvalue weighted by molar-refractivity contribution is 6.67. The van der Waals surface area contributed by atoms with Crippen molar-refractivity contribution in [1.29, 1.82) is 0 Å². The van der Waals surface area contributed by atoms with E-state index in [2.05, 4.69) is 38.2 Å². The molecular weight excluding hydrogens is 324 g/mol. The van der Waals surface area contributed by atoms with Gasteiger partial charge in [0, 0.05) is 13.2 Å². The molecule has 2 aliphatic rings. The van der Waals surface area contributed by atoms with E-state index in [0.29, 0.717) is 0 Å². The molecule has 0 spiro atoms.